The molecule has 0 saturated carbocycles. The monoisotopic (exact) mass is 340 g/mol. The summed E-state index contributed by atoms with van der Waals surface area (Å²) in [7, 11) is 2.17. The molecule has 1 aliphatic rings. The van der Waals surface area contributed by atoms with Crippen LogP contribution < -0.4 is 4.57 Å². The zero-order valence-electron chi connectivity index (χ0n) is 15.7. The van der Waals surface area contributed by atoms with Gasteiger partial charge in [-0.3, -0.25) is 0 Å². The minimum absolute atomic E-state index is 0.912. The largest absolute Gasteiger partial charge is 0.302 e. The van der Waals surface area contributed by atoms with Crippen molar-refractivity contribution in [2.24, 2.45) is 7.05 Å². The molecule has 1 aliphatic heterocycles. The summed E-state index contributed by atoms with van der Waals surface area (Å²) in [6.07, 6.45) is 5.25. The van der Waals surface area contributed by atoms with Crippen LogP contribution in [0.15, 0.2) is 42.5 Å². The van der Waals surface area contributed by atoms with Crippen LogP contribution in [0.2, 0.25) is 0 Å². The van der Waals surface area contributed by atoms with Crippen molar-refractivity contribution >= 4 is 28.1 Å². The smallest absolute Gasteiger partial charge is 0.215 e. The molecule has 0 radical (unpaired) electrons. The van der Waals surface area contributed by atoms with Crippen LogP contribution in [0.4, 0.5) is 0 Å². The summed E-state index contributed by atoms with van der Waals surface area (Å²) >= 11 is 0. The van der Waals surface area contributed by atoms with E-state index in [1.54, 1.807) is 0 Å². The van der Waals surface area contributed by atoms with Gasteiger partial charge in [0, 0.05) is 24.8 Å². The molecular formula is C23H22N3+. The first-order valence-electron chi connectivity index (χ1n) is 9.12. The number of pyridine rings is 1. The molecule has 3 heterocycles. The van der Waals surface area contributed by atoms with Gasteiger partial charge in [-0.05, 0) is 43.5 Å². The zero-order chi connectivity index (χ0) is 18.0. The standard InChI is InChI=1S/C23H22N3/c1-14-7-5-8-18-21(14)16(3)13-19(25(18)4)22-15(2)10-11-17-23(22)26-12-6-9-20(26)24-17/h5-8,10-13H,9H2,1-4H3/q+1. The van der Waals surface area contributed by atoms with E-state index >= 15 is 0 Å². The number of benzene rings is 2. The van der Waals surface area contributed by atoms with Crippen LogP contribution in [0.25, 0.3) is 39.4 Å². The number of allylic oxidation sites excluding steroid dienone is 1. The van der Waals surface area contributed by atoms with Gasteiger partial charge < -0.3 is 4.57 Å². The minimum atomic E-state index is 0.912. The highest BCUT2D eigenvalue weighted by atomic mass is 15.1. The van der Waals surface area contributed by atoms with Gasteiger partial charge in [0.05, 0.1) is 22.0 Å². The first-order valence-corrected chi connectivity index (χ1v) is 9.12. The fraction of sp³-hybridized carbons (Fsp3) is 0.217. The second-order valence-corrected chi connectivity index (χ2v) is 7.35. The highest BCUT2D eigenvalue weighted by molar-refractivity contribution is 5.96. The number of fused-ring (bicyclic) bond motifs is 4. The molecule has 0 aliphatic carbocycles. The number of nitrogens with zero attached hydrogens (tertiary/aromatic N) is 3. The molecular weight excluding hydrogens is 318 g/mol. The SMILES string of the molecule is Cc1ccc2nc3n(c2c1-c1cc(C)c2c(C)cccc2[n+]1C)C=CC3. The Morgan fingerprint density at radius 1 is 1.00 bits per heavy atom. The van der Waals surface area contributed by atoms with Crippen molar-refractivity contribution in [3.05, 3.63) is 65.0 Å². The van der Waals surface area contributed by atoms with Crippen molar-refractivity contribution in [2.75, 3.05) is 0 Å². The van der Waals surface area contributed by atoms with Crippen LogP contribution >= 0.6 is 0 Å². The molecule has 3 nitrogen and oxygen atoms in total. The summed E-state index contributed by atoms with van der Waals surface area (Å²) in [6.45, 7) is 6.60. The average molecular weight is 340 g/mol. The lowest BCUT2D eigenvalue weighted by Crippen LogP contribution is -2.33. The summed E-state index contributed by atoms with van der Waals surface area (Å²) in [5.74, 6) is 1.13. The number of hydrogen-bond donors (Lipinski definition) is 0. The lowest BCUT2D eigenvalue weighted by atomic mass is 9.98. The Hall–Kier alpha value is -2.94. The van der Waals surface area contributed by atoms with E-state index < -0.39 is 0 Å². The molecule has 5 rings (SSSR count). The fourth-order valence-electron chi connectivity index (χ4n) is 4.42. The number of imidazole rings is 1. The maximum atomic E-state index is 4.84. The number of hydrogen-bond acceptors (Lipinski definition) is 1. The highest BCUT2D eigenvalue weighted by Gasteiger charge is 2.24. The predicted octanol–water partition coefficient (Wildman–Crippen LogP) is 4.63. The summed E-state index contributed by atoms with van der Waals surface area (Å²) in [5, 5.41) is 1.35. The van der Waals surface area contributed by atoms with Crippen molar-refractivity contribution in [2.45, 2.75) is 27.2 Å². The molecule has 0 unspecified atom stereocenters. The maximum Gasteiger partial charge on any atom is 0.215 e. The summed E-state index contributed by atoms with van der Waals surface area (Å²) in [6, 6.07) is 13.2. The van der Waals surface area contributed by atoms with Crippen LogP contribution in [0, 0.1) is 20.8 Å². The van der Waals surface area contributed by atoms with Crippen molar-refractivity contribution in [3.63, 3.8) is 0 Å². The fourth-order valence-corrected chi connectivity index (χ4v) is 4.42. The van der Waals surface area contributed by atoms with Crippen molar-refractivity contribution in [1.29, 1.82) is 0 Å². The Morgan fingerprint density at radius 2 is 1.85 bits per heavy atom. The number of aryl methyl sites for hydroxylation is 4. The molecule has 0 fully saturated rings. The minimum Gasteiger partial charge on any atom is -0.302 e. The lowest BCUT2D eigenvalue weighted by Gasteiger charge is -2.12. The Bertz CT molecular complexity index is 1240. The van der Waals surface area contributed by atoms with Crippen LogP contribution in [-0.2, 0) is 13.5 Å². The average Bonchev–Trinajstić information content (AvgIpc) is 3.19. The lowest BCUT2D eigenvalue weighted by molar-refractivity contribution is -0.633. The van der Waals surface area contributed by atoms with Gasteiger partial charge in [-0.1, -0.05) is 24.3 Å². The molecule has 0 N–H and O–H groups in total. The van der Waals surface area contributed by atoms with Crippen LogP contribution in [0.1, 0.15) is 22.5 Å². The number of aromatic nitrogens is 3. The van der Waals surface area contributed by atoms with Gasteiger partial charge in [-0.15, -0.1) is 0 Å². The van der Waals surface area contributed by atoms with Crippen LogP contribution in [-0.4, -0.2) is 9.55 Å². The molecule has 2 aromatic carbocycles. The van der Waals surface area contributed by atoms with E-state index in [0.717, 1.165) is 17.8 Å². The molecule has 128 valence electrons. The van der Waals surface area contributed by atoms with E-state index in [2.05, 4.69) is 85.6 Å². The highest BCUT2D eigenvalue weighted by Crippen LogP contribution is 2.34. The topological polar surface area (TPSA) is 21.7 Å². The van der Waals surface area contributed by atoms with E-state index in [1.807, 2.05) is 0 Å². The molecule has 0 amide bonds. The van der Waals surface area contributed by atoms with Gasteiger partial charge in [0.2, 0.25) is 11.2 Å². The third-order valence-corrected chi connectivity index (χ3v) is 5.67. The first kappa shape index (κ1) is 15.3. The van der Waals surface area contributed by atoms with Gasteiger partial charge in [0.25, 0.3) is 0 Å². The van der Waals surface area contributed by atoms with E-state index in [0.29, 0.717) is 0 Å². The molecule has 0 bridgehead atoms. The van der Waals surface area contributed by atoms with Crippen molar-refractivity contribution < 1.29 is 4.57 Å². The van der Waals surface area contributed by atoms with E-state index in [4.69, 9.17) is 4.98 Å². The second kappa shape index (κ2) is 5.28. The van der Waals surface area contributed by atoms with Gasteiger partial charge in [-0.2, -0.15) is 4.57 Å². The summed E-state index contributed by atoms with van der Waals surface area (Å²) in [4.78, 5) is 4.84. The second-order valence-electron chi connectivity index (χ2n) is 7.35. The van der Waals surface area contributed by atoms with Gasteiger partial charge in [0.1, 0.15) is 12.9 Å². The summed E-state index contributed by atoms with van der Waals surface area (Å²) < 4.78 is 4.59. The predicted molar refractivity (Wildman–Crippen MR) is 107 cm³/mol. The Labute approximate surface area is 153 Å². The van der Waals surface area contributed by atoms with Crippen LogP contribution in [0.5, 0.6) is 0 Å². The van der Waals surface area contributed by atoms with E-state index in [9.17, 15) is 0 Å². The number of rotatable bonds is 1. The Morgan fingerprint density at radius 3 is 2.69 bits per heavy atom. The van der Waals surface area contributed by atoms with Crippen molar-refractivity contribution in [1.82, 2.24) is 9.55 Å². The first-order chi connectivity index (χ1) is 12.6. The van der Waals surface area contributed by atoms with E-state index in [-0.39, 0.29) is 0 Å². The quantitative estimate of drug-likeness (QED) is 0.463. The molecule has 26 heavy (non-hydrogen) atoms. The Balaban J connectivity index is 1.94. The zero-order valence-corrected chi connectivity index (χ0v) is 15.7. The molecule has 2 aromatic heterocycles. The Kier molecular flexibility index (Phi) is 3.11. The van der Waals surface area contributed by atoms with E-state index in [1.165, 1.54) is 44.4 Å². The molecule has 0 saturated heterocycles. The third kappa shape index (κ3) is 1.94. The third-order valence-electron chi connectivity index (χ3n) is 5.67. The van der Waals surface area contributed by atoms with Gasteiger partial charge in [0.15, 0.2) is 0 Å². The molecule has 3 heteroatoms. The maximum absolute atomic E-state index is 4.84. The summed E-state index contributed by atoms with van der Waals surface area (Å²) in [5.41, 5.74) is 10.0. The van der Waals surface area contributed by atoms with Crippen LogP contribution in [0.3, 0.4) is 0 Å². The molecule has 4 aromatic rings. The molecule has 0 spiro atoms. The van der Waals surface area contributed by atoms with Crippen molar-refractivity contribution in [3.8, 4) is 11.3 Å². The van der Waals surface area contributed by atoms with Gasteiger partial charge in [-0.25, -0.2) is 4.98 Å². The van der Waals surface area contributed by atoms with Gasteiger partial charge >= 0.3 is 0 Å². The molecule has 0 atom stereocenters. The normalized spacial score (nSPS) is 13.1.